The van der Waals surface area contributed by atoms with Gasteiger partial charge in [0.25, 0.3) is 0 Å². The summed E-state index contributed by atoms with van der Waals surface area (Å²) < 4.78 is 5.46. The third-order valence-corrected chi connectivity index (χ3v) is 3.97. The molecule has 0 aliphatic rings. The number of hydrogen-bond donors (Lipinski definition) is 2. The maximum absolute atomic E-state index is 12.1. The number of benzene rings is 2. The summed E-state index contributed by atoms with van der Waals surface area (Å²) in [5.41, 5.74) is 2.21. The molecule has 2 N–H and O–H groups in total. The molecular formula is C21H29IN4O2. The van der Waals surface area contributed by atoms with Crippen LogP contribution in [0, 0.1) is 0 Å². The van der Waals surface area contributed by atoms with Crippen LogP contribution in [-0.4, -0.2) is 44.0 Å². The molecule has 152 valence electrons. The highest BCUT2D eigenvalue weighted by Gasteiger charge is 2.09. The first-order chi connectivity index (χ1) is 13.1. The van der Waals surface area contributed by atoms with Crippen LogP contribution in [0.4, 0.5) is 0 Å². The lowest BCUT2D eigenvalue weighted by Crippen LogP contribution is -2.43. The largest absolute Gasteiger partial charge is 0.494 e. The van der Waals surface area contributed by atoms with Crippen molar-refractivity contribution in [2.24, 2.45) is 4.99 Å². The van der Waals surface area contributed by atoms with Gasteiger partial charge in [-0.3, -0.25) is 9.79 Å². The molecule has 0 aromatic heterocycles. The highest BCUT2D eigenvalue weighted by Crippen LogP contribution is 2.13. The zero-order chi connectivity index (χ0) is 19.5. The van der Waals surface area contributed by atoms with Crippen LogP contribution in [-0.2, 0) is 17.9 Å². The molecule has 28 heavy (non-hydrogen) atoms. The van der Waals surface area contributed by atoms with Crippen LogP contribution in [0.25, 0.3) is 0 Å². The summed E-state index contributed by atoms with van der Waals surface area (Å²) in [6.07, 6.45) is 0. The average Bonchev–Trinajstić information content (AvgIpc) is 2.69. The fourth-order valence-corrected chi connectivity index (χ4v) is 2.61. The van der Waals surface area contributed by atoms with Crippen molar-refractivity contribution < 1.29 is 9.53 Å². The van der Waals surface area contributed by atoms with Gasteiger partial charge in [0.2, 0.25) is 5.91 Å². The molecule has 7 heteroatoms. The molecule has 0 saturated carbocycles. The molecule has 0 heterocycles. The van der Waals surface area contributed by atoms with Crippen molar-refractivity contribution in [3.8, 4) is 5.75 Å². The number of amides is 1. The fraction of sp³-hybridized carbons (Fsp3) is 0.333. The molecule has 1 amide bonds. The number of aliphatic imine (C=N–C) groups is 1. The fourth-order valence-electron chi connectivity index (χ4n) is 2.61. The van der Waals surface area contributed by atoms with Crippen molar-refractivity contribution >= 4 is 35.8 Å². The van der Waals surface area contributed by atoms with Crippen LogP contribution in [0.2, 0.25) is 0 Å². The lowest BCUT2D eigenvalue weighted by molar-refractivity contribution is -0.120. The van der Waals surface area contributed by atoms with Crippen LogP contribution < -0.4 is 15.4 Å². The second kappa shape index (κ2) is 13.0. The van der Waals surface area contributed by atoms with Crippen molar-refractivity contribution in [1.82, 2.24) is 15.5 Å². The van der Waals surface area contributed by atoms with Gasteiger partial charge in [0.15, 0.2) is 5.96 Å². The quantitative estimate of drug-likeness (QED) is 0.335. The molecule has 0 aliphatic heterocycles. The zero-order valence-electron chi connectivity index (χ0n) is 16.6. The molecule has 6 nitrogen and oxygen atoms in total. The Hall–Kier alpha value is -2.29. The summed E-state index contributed by atoms with van der Waals surface area (Å²) in [4.78, 5) is 18.3. The topological polar surface area (TPSA) is 66.0 Å². The number of carbonyl (C=O) groups is 1. The Morgan fingerprint density at radius 1 is 1.04 bits per heavy atom. The summed E-state index contributed by atoms with van der Waals surface area (Å²) in [5.74, 6) is 1.45. The number of carbonyl (C=O) groups excluding carboxylic acids is 1. The number of guanidine groups is 1. The smallest absolute Gasteiger partial charge is 0.239 e. The predicted molar refractivity (Wildman–Crippen MR) is 124 cm³/mol. The van der Waals surface area contributed by atoms with E-state index in [0.717, 1.165) is 16.9 Å². The Balaban J connectivity index is 0.00000392. The molecule has 0 saturated heterocycles. The van der Waals surface area contributed by atoms with Crippen molar-refractivity contribution in [3.63, 3.8) is 0 Å². The van der Waals surface area contributed by atoms with E-state index in [9.17, 15) is 4.79 Å². The minimum absolute atomic E-state index is 0. The van der Waals surface area contributed by atoms with Crippen LogP contribution in [0.15, 0.2) is 59.6 Å². The summed E-state index contributed by atoms with van der Waals surface area (Å²) in [5, 5.41) is 5.99. The summed E-state index contributed by atoms with van der Waals surface area (Å²) >= 11 is 0. The van der Waals surface area contributed by atoms with E-state index >= 15 is 0 Å². The lowest BCUT2D eigenvalue weighted by atomic mass is 10.2. The maximum atomic E-state index is 12.1. The van der Waals surface area contributed by atoms with Gasteiger partial charge in [-0.15, -0.1) is 24.0 Å². The Morgan fingerprint density at radius 2 is 1.71 bits per heavy atom. The Kier molecular flexibility index (Phi) is 11.0. The molecule has 0 bridgehead atoms. The van der Waals surface area contributed by atoms with Crippen LogP contribution in [0.1, 0.15) is 18.1 Å². The molecule has 0 radical (unpaired) electrons. The summed E-state index contributed by atoms with van der Waals surface area (Å²) in [6, 6.07) is 17.8. The Labute approximate surface area is 184 Å². The van der Waals surface area contributed by atoms with E-state index in [1.165, 1.54) is 0 Å². The first kappa shape index (κ1) is 23.7. The molecule has 2 rings (SSSR count). The molecular weight excluding hydrogens is 467 g/mol. The molecule has 0 atom stereocenters. The van der Waals surface area contributed by atoms with Crippen LogP contribution in [0.5, 0.6) is 5.75 Å². The first-order valence-electron chi connectivity index (χ1n) is 9.06. The third-order valence-electron chi connectivity index (χ3n) is 3.97. The number of ether oxygens (including phenoxy) is 1. The maximum Gasteiger partial charge on any atom is 0.239 e. The molecule has 0 spiro atoms. The number of hydrogen-bond acceptors (Lipinski definition) is 3. The van der Waals surface area contributed by atoms with Gasteiger partial charge in [0.05, 0.1) is 13.2 Å². The van der Waals surface area contributed by atoms with Gasteiger partial charge in [-0.2, -0.15) is 0 Å². The number of halogens is 1. The Morgan fingerprint density at radius 3 is 2.32 bits per heavy atom. The van der Waals surface area contributed by atoms with E-state index in [4.69, 9.17) is 4.74 Å². The Bertz CT molecular complexity index is 736. The van der Waals surface area contributed by atoms with Crippen LogP contribution >= 0.6 is 24.0 Å². The van der Waals surface area contributed by atoms with Crippen LogP contribution in [0.3, 0.4) is 0 Å². The molecule has 0 fully saturated rings. The summed E-state index contributed by atoms with van der Waals surface area (Å²) in [6.45, 7) is 3.99. The van der Waals surface area contributed by atoms with Crippen molar-refractivity contribution in [3.05, 3.63) is 65.7 Å². The number of nitrogens with one attached hydrogen (secondary N) is 2. The lowest BCUT2D eigenvalue weighted by Gasteiger charge is -2.22. The second-order valence-electron chi connectivity index (χ2n) is 6.10. The number of nitrogens with zero attached hydrogens (tertiary/aromatic N) is 2. The van der Waals surface area contributed by atoms with Crippen molar-refractivity contribution in [1.29, 1.82) is 0 Å². The van der Waals surface area contributed by atoms with E-state index < -0.39 is 0 Å². The van der Waals surface area contributed by atoms with Gasteiger partial charge in [0, 0.05) is 27.2 Å². The minimum Gasteiger partial charge on any atom is -0.494 e. The normalized spacial score (nSPS) is 10.6. The third kappa shape index (κ3) is 8.16. The van der Waals surface area contributed by atoms with E-state index in [1.807, 2.05) is 73.5 Å². The average molecular weight is 496 g/mol. The highest BCUT2D eigenvalue weighted by atomic mass is 127. The van der Waals surface area contributed by atoms with Gasteiger partial charge in [-0.1, -0.05) is 42.5 Å². The van der Waals surface area contributed by atoms with Gasteiger partial charge in [-0.05, 0) is 30.2 Å². The van der Waals surface area contributed by atoms with Crippen molar-refractivity contribution in [2.45, 2.75) is 20.0 Å². The highest BCUT2D eigenvalue weighted by molar-refractivity contribution is 14.0. The van der Waals surface area contributed by atoms with Gasteiger partial charge < -0.3 is 20.3 Å². The zero-order valence-corrected chi connectivity index (χ0v) is 19.0. The van der Waals surface area contributed by atoms with E-state index in [2.05, 4.69) is 15.6 Å². The first-order valence-corrected chi connectivity index (χ1v) is 9.06. The van der Waals surface area contributed by atoms with Gasteiger partial charge in [-0.25, -0.2) is 0 Å². The molecule has 0 aliphatic carbocycles. The molecule has 2 aromatic rings. The molecule has 2 aromatic carbocycles. The van der Waals surface area contributed by atoms with Crippen molar-refractivity contribution in [2.75, 3.05) is 27.2 Å². The summed E-state index contributed by atoms with van der Waals surface area (Å²) in [7, 11) is 3.65. The molecule has 0 unspecified atom stereocenters. The monoisotopic (exact) mass is 496 g/mol. The second-order valence-corrected chi connectivity index (χ2v) is 6.10. The minimum atomic E-state index is -0.0746. The standard InChI is InChI=1S/C21H28N4O2.HI/c1-4-27-19-12-10-18(11-13-19)16-25(3)21(22-2)24-15-20(26)23-14-17-8-6-5-7-9-17;/h5-13H,4,14-16H2,1-3H3,(H,22,24)(H,23,26);1H. The van der Waals surface area contributed by atoms with E-state index in [0.29, 0.717) is 25.7 Å². The predicted octanol–water partition coefficient (Wildman–Crippen LogP) is 3.03. The van der Waals surface area contributed by atoms with Gasteiger partial charge in [0.1, 0.15) is 5.75 Å². The van der Waals surface area contributed by atoms with E-state index in [-0.39, 0.29) is 36.4 Å². The SMILES string of the molecule is CCOc1ccc(CN(C)C(=NC)NCC(=O)NCc2ccccc2)cc1.I. The number of rotatable bonds is 8. The van der Waals surface area contributed by atoms with E-state index in [1.54, 1.807) is 7.05 Å². The van der Waals surface area contributed by atoms with Gasteiger partial charge >= 0.3 is 0 Å².